The molecule has 23 heavy (non-hydrogen) atoms. The molecule has 7 nitrogen and oxygen atoms in total. The highest BCUT2D eigenvalue weighted by Gasteiger charge is 2.46. The first kappa shape index (κ1) is 18.4. The Balaban J connectivity index is 0.00000192. The molecule has 1 aromatic rings. The highest BCUT2D eigenvalue weighted by Crippen LogP contribution is 2.41. The summed E-state index contributed by atoms with van der Waals surface area (Å²) >= 11 is 5.95. The van der Waals surface area contributed by atoms with Crippen LogP contribution in [0.3, 0.4) is 0 Å². The van der Waals surface area contributed by atoms with E-state index in [9.17, 15) is 18.5 Å². The van der Waals surface area contributed by atoms with E-state index in [0.29, 0.717) is 13.1 Å². The molecular weight excluding hydrogens is 365 g/mol. The Morgan fingerprint density at radius 3 is 2.61 bits per heavy atom. The number of benzene rings is 1. The van der Waals surface area contributed by atoms with Gasteiger partial charge in [-0.3, -0.25) is 10.1 Å². The van der Waals surface area contributed by atoms with Crippen molar-refractivity contribution in [1.82, 2.24) is 4.31 Å². The SMILES string of the molecule is Cl.NC1CCC2CN(S(=O)(=O)c3c(Cl)cccc3[N+](=O)[O-])CC12. The topological polar surface area (TPSA) is 107 Å². The van der Waals surface area contributed by atoms with Crippen molar-refractivity contribution in [2.75, 3.05) is 13.1 Å². The maximum atomic E-state index is 12.8. The molecule has 0 spiro atoms. The van der Waals surface area contributed by atoms with Crippen LogP contribution in [-0.4, -0.2) is 36.8 Å². The Kier molecular flexibility index (Phi) is 5.22. The first-order valence-electron chi connectivity index (χ1n) is 7.01. The average Bonchev–Trinajstić information content (AvgIpc) is 3.01. The molecule has 1 aromatic carbocycles. The van der Waals surface area contributed by atoms with E-state index in [0.717, 1.165) is 18.9 Å². The molecule has 1 saturated carbocycles. The monoisotopic (exact) mass is 381 g/mol. The standard InChI is InChI=1S/C13H16ClN3O4S.ClH/c14-10-2-1-3-12(17(18)19)13(10)22(20,21)16-6-8-4-5-11(15)9(8)7-16;/h1-3,8-9,11H,4-7,15H2;1H. The van der Waals surface area contributed by atoms with Gasteiger partial charge in [-0.25, -0.2) is 8.42 Å². The molecule has 2 fully saturated rings. The maximum absolute atomic E-state index is 12.8. The van der Waals surface area contributed by atoms with Crippen LogP contribution in [0.25, 0.3) is 0 Å². The third-order valence-corrected chi connectivity index (χ3v) is 6.97. The van der Waals surface area contributed by atoms with Gasteiger partial charge in [0.25, 0.3) is 15.7 Å². The van der Waals surface area contributed by atoms with Crippen molar-refractivity contribution in [3.05, 3.63) is 33.3 Å². The number of rotatable bonds is 3. The van der Waals surface area contributed by atoms with E-state index < -0.39 is 25.5 Å². The van der Waals surface area contributed by atoms with E-state index in [1.54, 1.807) is 0 Å². The minimum absolute atomic E-state index is 0. The number of halogens is 2. The van der Waals surface area contributed by atoms with E-state index >= 15 is 0 Å². The third kappa shape index (κ3) is 3.06. The highest BCUT2D eigenvalue weighted by molar-refractivity contribution is 7.89. The van der Waals surface area contributed by atoms with Crippen molar-refractivity contribution in [3.8, 4) is 0 Å². The van der Waals surface area contributed by atoms with E-state index in [1.165, 1.54) is 16.4 Å². The van der Waals surface area contributed by atoms with Gasteiger partial charge in [0, 0.05) is 25.2 Å². The molecule has 0 bridgehead atoms. The van der Waals surface area contributed by atoms with Crippen LogP contribution in [0, 0.1) is 22.0 Å². The first-order chi connectivity index (χ1) is 10.3. The maximum Gasteiger partial charge on any atom is 0.290 e. The second kappa shape index (κ2) is 6.52. The Morgan fingerprint density at radius 2 is 2.00 bits per heavy atom. The van der Waals surface area contributed by atoms with Gasteiger partial charge in [0.2, 0.25) is 0 Å². The Labute approximate surface area is 145 Å². The predicted octanol–water partition coefficient (Wildman–Crippen LogP) is 2.03. The normalized spacial score (nSPS) is 27.5. The number of nitro benzene ring substituents is 1. The summed E-state index contributed by atoms with van der Waals surface area (Å²) in [6.07, 6.45) is 1.79. The Bertz CT molecular complexity index is 728. The summed E-state index contributed by atoms with van der Waals surface area (Å²) in [7, 11) is -4.01. The quantitative estimate of drug-likeness (QED) is 0.636. The Hall–Kier alpha value is -0.930. The molecule has 2 aliphatic rings. The lowest BCUT2D eigenvalue weighted by Crippen LogP contribution is -2.34. The molecule has 3 atom stereocenters. The van der Waals surface area contributed by atoms with Crippen molar-refractivity contribution in [2.24, 2.45) is 17.6 Å². The lowest BCUT2D eigenvalue weighted by atomic mass is 9.98. The van der Waals surface area contributed by atoms with Crippen LogP contribution in [0.4, 0.5) is 5.69 Å². The van der Waals surface area contributed by atoms with Crippen LogP contribution in [0.5, 0.6) is 0 Å². The number of hydrogen-bond donors (Lipinski definition) is 1. The highest BCUT2D eigenvalue weighted by atomic mass is 35.5. The van der Waals surface area contributed by atoms with Gasteiger partial charge in [-0.1, -0.05) is 17.7 Å². The lowest BCUT2D eigenvalue weighted by molar-refractivity contribution is -0.387. The predicted molar refractivity (Wildman–Crippen MR) is 88.3 cm³/mol. The molecule has 1 heterocycles. The number of sulfonamides is 1. The van der Waals surface area contributed by atoms with Crippen LogP contribution in [0.1, 0.15) is 12.8 Å². The van der Waals surface area contributed by atoms with Gasteiger partial charge in [-0.05, 0) is 30.7 Å². The smallest absolute Gasteiger partial charge is 0.290 e. The molecule has 3 rings (SSSR count). The molecule has 128 valence electrons. The summed E-state index contributed by atoms with van der Waals surface area (Å²) in [5.41, 5.74) is 5.52. The van der Waals surface area contributed by atoms with Gasteiger partial charge in [0.05, 0.1) is 9.95 Å². The van der Waals surface area contributed by atoms with Crippen molar-refractivity contribution >= 4 is 39.7 Å². The number of hydrogen-bond acceptors (Lipinski definition) is 5. The average molecular weight is 382 g/mol. The summed E-state index contributed by atoms with van der Waals surface area (Å²) in [4.78, 5) is 9.99. The summed E-state index contributed by atoms with van der Waals surface area (Å²) in [5, 5.41) is 11.0. The number of fused-ring (bicyclic) bond motifs is 1. The van der Waals surface area contributed by atoms with E-state index in [-0.39, 0.29) is 35.3 Å². The fourth-order valence-corrected chi connectivity index (χ4v) is 5.69. The fourth-order valence-electron chi connectivity index (χ4n) is 3.49. The largest absolute Gasteiger partial charge is 0.327 e. The number of nitrogens with two attached hydrogens (primary N) is 1. The minimum Gasteiger partial charge on any atom is -0.327 e. The molecule has 0 amide bonds. The summed E-state index contributed by atoms with van der Waals surface area (Å²) in [5.74, 6) is 0.350. The van der Waals surface area contributed by atoms with Crippen LogP contribution in [-0.2, 0) is 10.0 Å². The molecule has 2 N–H and O–H groups in total. The summed E-state index contributed by atoms with van der Waals surface area (Å²) in [6.45, 7) is 0.652. The fraction of sp³-hybridized carbons (Fsp3) is 0.538. The second-order valence-corrected chi connectivity index (χ2v) is 8.11. The second-order valence-electron chi connectivity index (χ2n) is 5.83. The zero-order valence-corrected chi connectivity index (χ0v) is 14.5. The zero-order valence-electron chi connectivity index (χ0n) is 12.1. The number of nitrogens with zero attached hydrogens (tertiary/aromatic N) is 2. The van der Waals surface area contributed by atoms with E-state index in [2.05, 4.69) is 0 Å². The molecule has 1 aliphatic carbocycles. The molecule has 10 heteroatoms. The lowest BCUT2D eigenvalue weighted by Gasteiger charge is -2.19. The zero-order chi connectivity index (χ0) is 16.1. The van der Waals surface area contributed by atoms with Crippen LogP contribution in [0.15, 0.2) is 23.1 Å². The molecule has 3 unspecified atom stereocenters. The molecular formula is C13H17Cl2N3O4S. The summed E-state index contributed by atoms with van der Waals surface area (Å²) < 4.78 is 26.9. The van der Waals surface area contributed by atoms with Gasteiger partial charge in [-0.2, -0.15) is 4.31 Å². The van der Waals surface area contributed by atoms with Crippen LogP contribution >= 0.6 is 24.0 Å². The molecule has 1 aliphatic heterocycles. The van der Waals surface area contributed by atoms with Crippen LogP contribution < -0.4 is 5.73 Å². The van der Waals surface area contributed by atoms with Crippen LogP contribution in [0.2, 0.25) is 5.02 Å². The van der Waals surface area contributed by atoms with Gasteiger partial charge < -0.3 is 5.73 Å². The van der Waals surface area contributed by atoms with Gasteiger partial charge in [0.15, 0.2) is 4.90 Å². The van der Waals surface area contributed by atoms with Crippen molar-refractivity contribution < 1.29 is 13.3 Å². The first-order valence-corrected chi connectivity index (χ1v) is 8.83. The summed E-state index contributed by atoms with van der Waals surface area (Å²) in [6, 6.07) is 3.87. The van der Waals surface area contributed by atoms with Gasteiger partial charge in [0.1, 0.15) is 0 Å². The van der Waals surface area contributed by atoms with E-state index in [1.807, 2.05) is 0 Å². The third-order valence-electron chi connectivity index (χ3n) is 4.62. The van der Waals surface area contributed by atoms with Crippen molar-refractivity contribution in [3.63, 3.8) is 0 Å². The molecule has 1 saturated heterocycles. The Morgan fingerprint density at radius 1 is 1.30 bits per heavy atom. The molecule has 0 aromatic heterocycles. The van der Waals surface area contributed by atoms with Gasteiger partial charge in [-0.15, -0.1) is 12.4 Å². The van der Waals surface area contributed by atoms with Gasteiger partial charge >= 0.3 is 0 Å². The van der Waals surface area contributed by atoms with Crippen molar-refractivity contribution in [2.45, 2.75) is 23.8 Å². The van der Waals surface area contributed by atoms with E-state index in [4.69, 9.17) is 17.3 Å². The van der Waals surface area contributed by atoms with Crippen molar-refractivity contribution in [1.29, 1.82) is 0 Å². The minimum atomic E-state index is -4.01. The number of nitro groups is 1. The molecule has 0 radical (unpaired) electrons.